The van der Waals surface area contributed by atoms with E-state index in [9.17, 15) is 14.7 Å². The number of hydrogen-bond donors (Lipinski definition) is 2. The first-order chi connectivity index (χ1) is 10.0. The molecule has 0 bridgehead atoms. The molecule has 0 radical (unpaired) electrons. The van der Waals surface area contributed by atoms with Crippen LogP contribution in [0.25, 0.3) is 0 Å². The molecular weight excluding hydrogens is 268 g/mol. The fourth-order valence-electron chi connectivity index (χ4n) is 2.51. The van der Waals surface area contributed by atoms with Gasteiger partial charge < -0.3 is 15.3 Å². The third-order valence-corrected chi connectivity index (χ3v) is 4.07. The molecule has 0 aliphatic carbocycles. The normalized spacial score (nSPS) is 19.0. The van der Waals surface area contributed by atoms with Gasteiger partial charge in [0.1, 0.15) is 6.04 Å². The second kappa shape index (κ2) is 6.72. The molecule has 5 nitrogen and oxygen atoms in total. The van der Waals surface area contributed by atoms with Crippen molar-refractivity contribution in [1.29, 1.82) is 0 Å². The van der Waals surface area contributed by atoms with Crippen molar-refractivity contribution in [3.8, 4) is 0 Å². The van der Waals surface area contributed by atoms with E-state index < -0.39 is 12.0 Å². The van der Waals surface area contributed by atoms with Crippen LogP contribution in [0.2, 0.25) is 0 Å². The van der Waals surface area contributed by atoms with E-state index >= 15 is 0 Å². The van der Waals surface area contributed by atoms with Gasteiger partial charge in [0.05, 0.1) is 6.54 Å². The summed E-state index contributed by atoms with van der Waals surface area (Å²) in [6.07, 6.45) is 1.30. The van der Waals surface area contributed by atoms with Crippen molar-refractivity contribution in [3.63, 3.8) is 0 Å². The monoisotopic (exact) mass is 290 g/mol. The predicted octanol–water partition coefficient (Wildman–Crippen LogP) is 1.41. The summed E-state index contributed by atoms with van der Waals surface area (Å²) in [4.78, 5) is 25.3. The molecule has 2 N–H and O–H groups in total. The van der Waals surface area contributed by atoms with Crippen LogP contribution in [0.5, 0.6) is 0 Å². The number of amides is 1. The van der Waals surface area contributed by atoms with Gasteiger partial charge in [0.15, 0.2) is 0 Å². The molecule has 1 unspecified atom stereocenters. The zero-order valence-corrected chi connectivity index (χ0v) is 12.5. The van der Waals surface area contributed by atoms with Crippen LogP contribution >= 0.6 is 0 Å². The average molecular weight is 290 g/mol. The van der Waals surface area contributed by atoms with Crippen LogP contribution in [0.3, 0.4) is 0 Å². The third kappa shape index (κ3) is 3.61. The van der Waals surface area contributed by atoms with Gasteiger partial charge in [-0.15, -0.1) is 0 Å². The Morgan fingerprint density at radius 3 is 2.67 bits per heavy atom. The third-order valence-electron chi connectivity index (χ3n) is 4.07. The number of carboxylic acids is 1. The summed E-state index contributed by atoms with van der Waals surface area (Å²) >= 11 is 0. The minimum absolute atomic E-state index is 0.155. The second-order valence-corrected chi connectivity index (χ2v) is 5.54. The van der Waals surface area contributed by atoms with Crippen LogP contribution in [0.15, 0.2) is 24.3 Å². The molecule has 1 aromatic rings. The Balaban J connectivity index is 2.13. The number of fused-ring (bicyclic) bond motifs is 1. The highest BCUT2D eigenvalue weighted by molar-refractivity contribution is 5.85. The van der Waals surface area contributed by atoms with E-state index in [0.29, 0.717) is 13.0 Å². The number of carbonyl (C=O) groups is 2. The van der Waals surface area contributed by atoms with Gasteiger partial charge in [-0.1, -0.05) is 31.2 Å². The standard InChI is InChI=1S/C16H22N2O3/c1-3-11(2)17-9-15(19)18-10-13-7-5-4-6-12(13)8-14(18)16(20)21/h4-7,11,14,17H,3,8-10H2,1-2H3,(H,20,21)/t11?,14-/m0/s1. The molecule has 0 aromatic heterocycles. The molecule has 2 atom stereocenters. The van der Waals surface area contributed by atoms with Crippen molar-refractivity contribution in [2.75, 3.05) is 6.54 Å². The van der Waals surface area contributed by atoms with Crippen molar-refractivity contribution in [2.45, 2.75) is 45.3 Å². The smallest absolute Gasteiger partial charge is 0.326 e. The van der Waals surface area contributed by atoms with Gasteiger partial charge in [-0.2, -0.15) is 0 Å². The molecule has 0 spiro atoms. The van der Waals surface area contributed by atoms with E-state index in [1.165, 1.54) is 4.90 Å². The molecule has 1 heterocycles. The lowest BCUT2D eigenvalue weighted by Crippen LogP contribution is -2.51. The van der Waals surface area contributed by atoms with Crippen molar-refractivity contribution in [1.82, 2.24) is 10.2 Å². The SMILES string of the molecule is CCC(C)NCC(=O)N1Cc2ccccc2C[C@H]1C(=O)O. The Morgan fingerprint density at radius 1 is 1.38 bits per heavy atom. The van der Waals surface area contributed by atoms with Crippen LogP contribution in [-0.2, 0) is 22.6 Å². The van der Waals surface area contributed by atoms with E-state index in [1.807, 2.05) is 38.1 Å². The molecule has 114 valence electrons. The fraction of sp³-hybridized carbons (Fsp3) is 0.500. The molecule has 0 saturated carbocycles. The highest BCUT2D eigenvalue weighted by Crippen LogP contribution is 2.23. The first-order valence-electron chi connectivity index (χ1n) is 7.35. The molecule has 5 heteroatoms. The molecular formula is C16H22N2O3. The topological polar surface area (TPSA) is 69.6 Å². The number of carbonyl (C=O) groups excluding carboxylic acids is 1. The van der Waals surface area contributed by atoms with E-state index in [1.54, 1.807) is 0 Å². The number of aliphatic carboxylic acids is 1. The predicted molar refractivity (Wildman–Crippen MR) is 79.9 cm³/mol. The summed E-state index contributed by atoms with van der Waals surface area (Å²) in [6.45, 7) is 4.60. The van der Waals surface area contributed by atoms with Crippen LogP contribution in [0.1, 0.15) is 31.4 Å². The Morgan fingerprint density at radius 2 is 2.05 bits per heavy atom. The van der Waals surface area contributed by atoms with Gasteiger partial charge >= 0.3 is 5.97 Å². The van der Waals surface area contributed by atoms with Gasteiger partial charge in [0.2, 0.25) is 5.91 Å². The maximum absolute atomic E-state index is 12.3. The Hall–Kier alpha value is -1.88. The van der Waals surface area contributed by atoms with Gasteiger partial charge in [-0.05, 0) is 24.5 Å². The number of nitrogens with one attached hydrogen (secondary N) is 1. The summed E-state index contributed by atoms with van der Waals surface area (Å²) in [6, 6.07) is 7.18. The summed E-state index contributed by atoms with van der Waals surface area (Å²) < 4.78 is 0. The number of carboxylic acid groups (broad SMARTS) is 1. The first kappa shape index (κ1) is 15.5. The first-order valence-corrected chi connectivity index (χ1v) is 7.35. The molecule has 1 aromatic carbocycles. The zero-order chi connectivity index (χ0) is 15.4. The molecule has 0 saturated heterocycles. The van der Waals surface area contributed by atoms with E-state index in [4.69, 9.17) is 0 Å². The van der Waals surface area contributed by atoms with Gasteiger partial charge in [0, 0.05) is 19.0 Å². The maximum atomic E-state index is 12.3. The van der Waals surface area contributed by atoms with Crippen molar-refractivity contribution in [2.24, 2.45) is 0 Å². The quantitative estimate of drug-likeness (QED) is 0.860. The molecule has 21 heavy (non-hydrogen) atoms. The summed E-state index contributed by atoms with van der Waals surface area (Å²) in [5, 5.41) is 12.5. The molecule has 1 amide bonds. The Bertz CT molecular complexity index is 530. The molecule has 0 fully saturated rings. The molecule has 1 aliphatic heterocycles. The lowest BCUT2D eigenvalue weighted by molar-refractivity contribution is -0.151. The molecule has 1 aliphatic rings. The Labute approximate surface area is 125 Å². The number of hydrogen-bond acceptors (Lipinski definition) is 3. The summed E-state index contributed by atoms with van der Waals surface area (Å²) in [5.74, 6) is -1.10. The van der Waals surface area contributed by atoms with Crippen LogP contribution in [-0.4, -0.2) is 40.5 Å². The highest BCUT2D eigenvalue weighted by atomic mass is 16.4. The van der Waals surface area contributed by atoms with Gasteiger partial charge in [-0.25, -0.2) is 4.79 Å². The highest BCUT2D eigenvalue weighted by Gasteiger charge is 2.34. The minimum Gasteiger partial charge on any atom is -0.480 e. The number of nitrogens with zero attached hydrogens (tertiary/aromatic N) is 1. The number of rotatable bonds is 5. The lowest BCUT2D eigenvalue weighted by atomic mass is 9.94. The maximum Gasteiger partial charge on any atom is 0.326 e. The zero-order valence-electron chi connectivity index (χ0n) is 12.5. The van der Waals surface area contributed by atoms with Crippen LogP contribution in [0.4, 0.5) is 0 Å². The largest absolute Gasteiger partial charge is 0.480 e. The summed E-state index contributed by atoms with van der Waals surface area (Å²) in [5.41, 5.74) is 2.05. The van der Waals surface area contributed by atoms with Crippen LogP contribution < -0.4 is 5.32 Å². The number of benzene rings is 1. The van der Waals surface area contributed by atoms with E-state index in [0.717, 1.165) is 17.5 Å². The molecule has 2 rings (SSSR count). The second-order valence-electron chi connectivity index (χ2n) is 5.54. The fourth-order valence-corrected chi connectivity index (χ4v) is 2.51. The van der Waals surface area contributed by atoms with Gasteiger partial charge in [-0.3, -0.25) is 4.79 Å². The average Bonchev–Trinajstić information content (AvgIpc) is 2.50. The minimum atomic E-state index is -0.943. The summed E-state index contributed by atoms with van der Waals surface area (Å²) in [7, 11) is 0. The van der Waals surface area contributed by atoms with Crippen molar-refractivity contribution in [3.05, 3.63) is 35.4 Å². The van der Waals surface area contributed by atoms with Gasteiger partial charge in [0.25, 0.3) is 0 Å². The van der Waals surface area contributed by atoms with Crippen molar-refractivity contribution >= 4 is 11.9 Å². The van der Waals surface area contributed by atoms with E-state index in [2.05, 4.69) is 5.32 Å². The Kier molecular flexibility index (Phi) is 4.96. The lowest BCUT2D eigenvalue weighted by Gasteiger charge is -2.34. The van der Waals surface area contributed by atoms with Crippen LogP contribution in [0, 0.1) is 0 Å². The van der Waals surface area contributed by atoms with Crippen molar-refractivity contribution < 1.29 is 14.7 Å². The van der Waals surface area contributed by atoms with E-state index in [-0.39, 0.29) is 18.5 Å².